The number of rotatable bonds is 8. The second-order valence-corrected chi connectivity index (χ2v) is 8.78. The highest BCUT2D eigenvalue weighted by Gasteiger charge is 2.24. The molecular weight excluding hydrogens is 338 g/mol. The van der Waals surface area contributed by atoms with Crippen molar-refractivity contribution in [1.82, 2.24) is 9.62 Å². The van der Waals surface area contributed by atoms with Gasteiger partial charge in [-0.15, -0.1) is 0 Å². The fraction of sp³-hybridized carbons (Fsp3) is 0.611. The molecule has 1 heterocycles. The van der Waals surface area contributed by atoms with Gasteiger partial charge in [0.15, 0.2) is 0 Å². The van der Waals surface area contributed by atoms with Gasteiger partial charge in [-0.1, -0.05) is 19.8 Å². The van der Waals surface area contributed by atoms with Crippen LogP contribution in [0.1, 0.15) is 49.4 Å². The van der Waals surface area contributed by atoms with Gasteiger partial charge < -0.3 is 10.2 Å². The van der Waals surface area contributed by atoms with Crippen LogP contribution in [0, 0.1) is 0 Å². The third-order valence-corrected chi connectivity index (χ3v) is 6.31. The van der Waals surface area contributed by atoms with Crippen molar-refractivity contribution in [2.24, 2.45) is 0 Å². The molecule has 1 saturated heterocycles. The third-order valence-electron chi connectivity index (χ3n) is 4.50. The van der Waals surface area contributed by atoms with Gasteiger partial charge in [-0.3, -0.25) is 4.79 Å². The SMILES string of the molecule is CCCCCNC(=O)c1cc(S(=O)(=O)N(C)C)ccc1N1CCCC1. The second-order valence-electron chi connectivity index (χ2n) is 6.62. The molecule has 0 unspecified atom stereocenters. The fourth-order valence-corrected chi connectivity index (χ4v) is 3.90. The predicted octanol–water partition coefficient (Wildman–Crippen LogP) is 2.46. The molecule has 1 aromatic rings. The summed E-state index contributed by atoms with van der Waals surface area (Å²) in [5.74, 6) is -0.200. The highest BCUT2D eigenvalue weighted by molar-refractivity contribution is 7.89. The van der Waals surface area contributed by atoms with Crippen molar-refractivity contribution in [3.63, 3.8) is 0 Å². The molecule has 1 fully saturated rings. The average Bonchev–Trinajstić information content (AvgIpc) is 3.12. The Bertz CT molecular complexity index is 696. The van der Waals surface area contributed by atoms with Crippen LogP contribution in [0.15, 0.2) is 23.1 Å². The highest BCUT2D eigenvalue weighted by Crippen LogP contribution is 2.28. The van der Waals surface area contributed by atoms with Crippen LogP contribution < -0.4 is 10.2 Å². The molecule has 25 heavy (non-hydrogen) atoms. The zero-order valence-electron chi connectivity index (χ0n) is 15.4. The van der Waals surface area contributed by atoms with Crippen molar-refractivity contribution in [3.05, 3.63) is 23.8 Å². The number of amides is 1. The van der Waals surface area contributed by atoms with Crippen LogP contribution in [-0.2, 0) is 10.0 Å². The average molecular weight is 368 g/mol. The Kier molecular flexibility index (Phi) is 6.84. The summed E-state index contributed by atoms with van der Waals surface area (Å²) in [7, 11) is -0.579. The summed E-state index contributed by atoms with van der Waals surface area (Å²) in [5.41, 5.74) is 1.27. The largest absolute Gasteiger partial charge is 0.371 e. The zero-order valence-corrected chi connectivity index (χ0v) is 16.2. The van der Waals surface area contributed by atoms with Crippen molar-refractivity contribution in [2.45, 2.75) is 43.9 Å². The van der Waals surface area contributed by atoms with Gasteiger partial charge in [0.2, 0.25) is 10.0 Å². The first-order valence-electron chi connectivity index (χ1n) is 8.97. The van der Waals surface area contributed by atoms with Gasteiger partial charge >= 0.3 is 0 Å². The molecule has 6 nitrogen and oxygen atoms in total. The van der Waals surface area contributed by atoms with E-state index >= 15 is 0 Å². The number of sulfonamides is 1. The summed E-state index contributed by atoms with van der Waals surface area (Å²) in [6.45, 7) is 4.52. The molecular formula is C18H29N3O3S. The maximum Gasteiger partial charge on any atom is 0.253 e. The van der Waals surface area contributed by atoms with Crippen LogP contribution in [0.4, 0.5) is 5.69 Å². The lowest BCUT2D eigenvalue weighted by molar-refractivity contribution is 0.0953. The standard InChI is InChI=1S/C18H29N3O3S/c1-4-5-6-11-19-18(22)16-14-15(25(23,24)20(2)3)9-10-17(16)21-12-7-8-13-21/h9-10,14H,4-8,11-13H2,1-3H3,(H,19,22). The summed E-state index contributed by atoms with van der Waals surface area (Å²) in [6, 6.07) is 4.87. The predicted molar refractivity (Wildman–Crippen MR) is 101 cm³/mol. The minimum atomic E-state index is -3.57. The van der Waals surface area contributed by atoms with E-state index in [1.165, 1.54) is 24.5 Å². The second kappa shape index (κ2) is 8.67. The number of unbranched alkanes of at least 4 members (excludes halogenated alkanes) is 2. The lowest BCUT2D eigenvalue weighted by Crippen LogP contribution is -2.29. The van der Waals surface area contributed by atoms with Gasteiger partial charge in [0.25, 0.3) is 5.91 Å². The number of anilines is 1. The number of hydrogen-bond acceptors (Lipinski definition) is 4. The Morgan fingerprint density at radius 3 is 2.48 bits per heavy atom. The van der Waals surface area contributed by atoms with Gasteiger partial charge in [0, 0.05) is 39.4 Å². The number of hydrogen-bond donors (Lipinski definition) is 1. The number of nitrogens with one attached hydrogen (secondary N) is 1. The Morgan fingerprint density at radius 1 is 1.20 bits per heavy atom. The molecule has 1 aliphatic heterocycles. The van der Waals surface area contributed by atoms with E-state index in [0.29, 0.717) is 12.1 Å². The smallest absolute Gasteiger partial charge is 0.253 e. The Labute approximate surface area is 151 Å². The van der Waals surface area contributed by atoms with Crippen LogP contribution in [0.3, 0.4) is 0 Å². The van der Waals surface area contributed by atoms with Crippen molar-refractivity contribution < 1.29 is 13.2 Å². The van der Waals surface area contributed by atoms with Crippen LogP contribution >= 0.6 is 0 Å². The van der Waals surface area contributed by atoms with E-state index in [1.54, 1.807) is 12.1 Å². The molecule has 0 aromatic heterocycles. The third kappa shape index (κ3) is 4.73. The Hall–Kier alpha value is -1.60. The van der Waals surface area contributed by atoms with E-state index in [1.807, 2.05) is 0 Å². The maximum atomic E-state index is 12.7. The molecule has 1 aliphatic rings. The van der Waals surface area contributed by atoms with Gasteiger partial charge in [0.05, 0.1) is 10.5 Å². The summed E-state index contributed by atoms with van der Waals surface area (Å²) in [4.78, 5) is 15.0. The molecule has 0 bridgehead atoms. The first-order valence-corrected chi connectivity index (χ1v) is 10.4. The van der Waals surface area contributed by atoms with Gasteiger partial charge in [-0.05, 0) is 37.5 Å². The van der Waals surface area contributed by atoms with Crippen LogP contribution in [0.25, 0.3) is 0 Å². The Morgan fingerprint density at radius 2 is 1.88 bits per heavy atom. The first-order chi connectivity index (χ1) is 11.9. The lowest BCUT2D eigenvalue weighted by Gasteiger charge is -2.22. The summed E-state index contributed by atoms with van der Waals surface area (Å²) < 4.78 is 26.0. The number of benzene rings is 1. The van der Waals surface area contributed by atoms with Crippen LogP contribution in [0.2, 0.25) is 0 Å². The number of carbonyl (C=O) groups is 1. The molecule has 0 saturated carbocycles. The number of nitrogens with zero attached hydrogens (tertiary/aromatic N) is 2. The minimum absolute atomic E-state index is 0.152. The summed E-state index contributed by atoms with van der Waals surface area (Å²) >= 11 is 0. The summed E-state index contributed by atoms with van der Waals surface area (Å²) in [6.07, 6.45) is 5.27. The van der Waals surface area contributed by atoms with Gasteiger partial charge in [-0.2, -0.15) is 0 Å². The molecule has 1 N–H and O–H groups in total. The topological polar surface area (TPSA) is 69.7 Å². The first kappa shape index (κ1) is 19.7. The summed E-state index contributed by atoms with van der Waals surface area (Å²) in [5, 5.41) is 2.93. The lowest BCUT2D eigenvalue weighted by atomic mass is 10.1. The van der Waals surface area contributed by atoms with E-state index in [0.717, 1.165) is 50.9 Å². The zero-order chi connectivity index (χ0) is 18.4. The molecule has 2 rings (SSSR count). The van der Waals surface area contributed by atoms with Crippen LogP contribution in [0.5, 0.6) is 0 Å². The quantitative estimate of drug-likeness (QED) is 0.717. The normalized spacial score (nSPS) is 15.0. The molecule has 1 amide bonds. The van der Waals surface area contributed by atoms with E-state index < -0.39 is 10.0 Å². The van der Waals surface area contributed by atoms with Crippen molar-refractivity contribution in [2.75, 3.05) is 38.6 Å². The van der Waals surface area contributed by atoms with Crippen molar-refractivity contribution in [1.29, 1.82) is 0 Å². The minimum Gasteiger partial charge on any atom is -0.371 e. The monoisotopic (exact) mass is 367 g/mol. The van der Waals surface area contributed by atoms with Crippen molar-refractivity contribution >= 4 is 21.6 Å². The molecule has 0 atom stereocenters. The number of carbonyl (C=O) groups excluding carboxylic acids is 1. The molecule has 7 heteroatoms. The van der Waals surface area contributed by atoms with Gasteiger partial charge in [0.1, 0.15) is 0 Å². The molecule has 0 radical (unpaired) electrons. The van der Waals surface area contributed by atoms with E-state index in [-0.39, 0.29) is 10.8 Å². The van der Waals surface area contributed by atoms with Gasteiger partial charge in [-0.25, -0.2) is 12.7 Å². The fourth-order valence-electron chi connectivity index (χ4n) is 2.97. The maximum absolute atomic E-state index is 12.7. The molecule has 1 aromatic carbocycles. The molecule has 140 valence electrons. The molecule has 0 aliphatic carbocycles. The van der Waals surface area contributed by atoms with E-state index in [2.05, 4.69) is 17.1 Å². The Balaban J connectivity index is 2.32. The molecule has 0 spiro atoms. The van der Waals surface area contributed by atoms with Crippen molar-refractivity contribution in [3.8, 4) is 0 Å². The van der Waals surface area contributed by atoms with E-state index in [9.17, 15) is 13.2 Å². The van der Waals surface area contributed by atoms with E-state index in [4.69, 9.17) is 0 Å². The highest BCUT2D eigenvalue weighted by atomic mass is 32.2. The van der Waals surface area contributed by atoms with Crippen LogP contribution in [-0.4, -0.2) is 52.4 Å².